The van der Waals surface area contributed by atoms with E-state index in [1.807, 2.05) is 4.90 Å². The molecule has 0 unspecified atom stereocenters. The highest BCUT2D eigenvalue weighted by atomic mass is 19.4. The number of ether oxygens (including phenoxy) is 1. The highest BCUT2D eigenvalue weighted by Gasteiger charge is 2.44. The molecule has 0 amide bonds. The number of likely N-dealkylation sites (tertiary alicyclic amines) is 1. The van der Waals surface area contributed by atoms with E-state index in [-0.39, 0.29) is 5.97 Å². The second kappa shape index (κ2) is 5.67. The molecule has 1 saturated heterocycles. The Kier molecular flexibility index (Phi) is 4.27. The van der Waals surface area contributed by atoms with Crippen LogP contribution in [0.2, 0.25) is 0 Å². The minimum absolute atomic E-state index is 0.301. The van der Waals surface area contributed by atoms with Crippen LogP contribution in [0.25, 0.3) is 0 Å². The third-order valence-corrected chi connectivity index (χ3v) is 4.04. The second-order valence-electron chi connectivity index (χ2n) is 5.49. The number of alkyl halides is 3. The Bertz CT molecular complexity index is 530. The molecule has 0 radical (unpaired) electrons. The summed E-state index contributed by atoms with van der Waals surface area (Å²) in [6.07, 6.45) is -2.88. The Morgan fingerprint density at radius 2 is 2.14 bits per heavy atom. The predicted molar refractivity (Wildman–Crippen MR) is 71.5 cm³/mol. The molecule has 1 aliphatic rings. The van der Waals surface area contributed by atoms with Gasteiger partial charge in [-0.2, -0.15) is 13.2 Å². The average Bonchev–Trinajstić information content (AvgIpc) is 2.80. The van der Waals surface area contributed by atoms with Crippen molar-refractivity contribution in [2.75, 3.05) is 13.7 Å². The van der Waals surface area contributed by atoms with Crippen LogP contribution in [0.5, 0.6) is 0 Å². The van der Waals surface area contributed by atoms with Crippen LogP contribution < -0.4 is 0 Å². The molecule has 1 heterocycles. The van der Waals surface area contributed by atoms with Crippen molar-refractivity contribution in [3.63, 3.8) is 0 Å². The van der Waals surface area contributed by atoms with Crippen molar-refractivity contribution < 1.29 is 22.7 Å². The van der Waals surface area contributed by atoms with Crippen molar-refractivity contribution in [3.8, 4) is 0 Å². The maximum atomic E-state index is 12.7. The number of hydrogen-bond donors (Lipinski definition) is 0. The molecule has 1 aromatic carbocycles. The number of carbonyl (C=O) groups excluding carboxylic acids is 1. The molecule has 0 bridgehead atoms. The summed E-state index contributed by atoms with van der Waals surface area (Å²) in [5.41, 5.74) is -0.885. The minimum atomic E-state index is -4.35. The van der Waals surface area contributed by atoms with Gasteiger partial charge in [0.15, 0.2) is 0 Å². The summed E-state index contributed by atoms with van der Waals surface area (Å²) in [7, 11) is 1.33. The van der Waals surface area contributed by atoms with Gasteiger partial charge in [0.25, 0.3) is 0 Å². The van der Waals surface area contributed by atoms with Crippen LogP contribution in [-0.2, 0) is 22.3 Å². The molecule has 6 heteroatoms. The third kappa shape index (κ3) is 3.20. The predicted octanol–water partition coefficient (Wildman–Crippen LogP) is 3.23. The van der Waals surface area contributed by atoms with Gasteiger partial charge in [-0.15, -0.1) is 0 Å². The lowest BCUT2D eigenvalue weighted by Gasteiger charge is -2.32. The summed E-state index contributed by atoms with van der Waals surface area (Å²) >= 11 is 0. The van der Waals surface area contributed by atoms with Gasteiger partial charge in [-0.25, -0.2) is 0 Å². The molecule has 1 aliphatic heterocycles. The van der Waals surface area contributed by atoms with Gasteiger partial charge < -0.3 is 4.74 Å². The zero-order valence-corrected chi connectivity index (χ0v) is 12.0. The van der Waals surface area contributed by atoms with Crippen LogP contribution in [-0.4, -0.2) is 30.1 Å². The van der Waals surface area contributed by atoms with Crippen molar-refractivity contribution in [3.05, 3.63) is 35.4 Å². The Hall–Kier alpha value is -1.56. The van der Waals surface area contributed by atoms with Gasteiger partial charge in [0.05, 0.1) is 12.7 Å². The minimum Gasteiger partial charge on any atom is -0.468 e. The first-order valence-corrected chi connectivity index (χ1v) is 6.77. The zero-order valence-electron chi connectivity index (χ0n) is 12.0. The molecule has 0 spiro atoms. The van der Waals surface area contributed by atoms with Gasteiger partial charge in [0.1, 0.15) is 5.54 Å². The standard InChI is InChI=1S/C15H18F3NO2/c1-14(13(20)21-2)7-4-8-19(14)10-11-5-3-6-12(9-11)15(16,17)18/h3,5-6,9H,4,7-8,10H2,1-2H3/t14-/m1/s1. The molecule has 0 N–H and O–H groups in total. The van der Waals surface area contributed by atoms with E-state index in [1.165, 1.54) is 13.2 Å². The topological polar surface area (TPSA) is 29.5 Å². The lowest BCUT2D eigenvalue weighted by Crippen LogP contribution is -2.48. The summed E-state index contributed by atoms with van der Waals surface area (Å²) in [4.78, 5) is 13.8. The van der Waals surface area contributed by atoms with Crippen LogP contribution in [0, 0.1) is 0 Å². The van der Waals surface area contributed by atoms with Gasteiger partial charge >= 0.3 is 12.1 Å². The van der Waals surface area contributed by atoms with E-state index >= 15 is 0 Å². The maximum Gasteiger partial charge on any atom is 0.416 e. The fourth-order valence-corrected chi connectivity index (χ4v) is 2.79. The molecule has 116 valence electrons. The van der Waals surface area contributed by atoms with E-state index in [2.05, 4.69) is 0 Å². The Morgan fingerprint density at radius 3 is 2.76 bits per heavy atom. The number of halogens is 3. The molecule has 2 rings (SSSR count). The van der Waals surface area contributed by atoms with Gasteiger partial charge in [0, 0.05) is 6.54 Å². The summed E-state index contributed by atoms with van der Waals surface area (Å²) in [5.74, 6) is -0.341. The molecule has 3 nitrogen and oxygen atoms in total. The molecular weight excluding hydrogens is 283 g/mol. The lowest BCUT2D eigenvalue weighted by atomic mass is 9.98. The monoisotopic (exact) mass is 301 g/mol. The van der Waals surface area contributed by atoms with E-state index in [1.54, 1.807) is 13.0 Å². The number of carbonyl (C=O) groups is 1. The highest BCUT2D eigenvalue weighted by Crippen LogP contribution is 2.33. The van der Waals surface area contributed by atoms with Crippen molar-refractivity contribution in [1.29, 1.82) is 0 Å². The molecule has 1 fully saturated rings. The lowest BCUT2D eigenvalue weighted by molar-refractivity contribution is -0.152. The van der Waals surface area contributed by atoms with Crippen molar-refractivity contribution >= 4 is 5.97 Å². The summed E-state index contributed by atoms with van der Waals surface area (Å²) in [5, 5.41) is 0. The second-order valence-corrected chi connectivity index (χ2v) is 5.49. The van der Waals surface area contributed by atoms with Gasteiger partial charge in [-0.3, -0.25) is 9.69 Å². The fraction of sp³-hybridized carbons (Fsp3) is 0.533. The van der Waals surface area contributed by atoms with Crippen LogP contribution in [0.4, 0.5) is 13.2 Å². The summed E-state index contributed by atoms with van der Waals surface area (Å²) in [6.45, 7) is 2.75. The van der Waals surface area contributed by atoms with Crippen LogP contribution in [0.3, 0.4) is 0 Å². The van der Waals surface area contributed by atoms with Crippen LogP contribution >= 0.6 is 0 Å². The molecule has 21 heavy (non-hydrogen) atoms. The first-order valence-electron chi connectivity index (χ1n) is 6.77. The maximum absolute atomic E-state index is 12.7. The van der Waals surface area contributed by atoms with Gasteiger partial charge in [0.2, 0.25) is 0 Å². The molecular formula is C15H18F3NO2. The molecule has 1 atom stereocenters. The number of benzene rings is 1. The van der Waals surface area contributed by atoms with Crippen molar-refractivity contribution in [1.82, 2.24) is 4.90 Å². The van der Waals surface area contributed by atoms with E-state index < -0.39 is 17.3 Å². The Balaban J connectivity index is 2.20. The molecule has 0 aliphatic carbocycles. The van der Waals surface area contributed by atoms with Gasteiger partial charge in [-0.05, 0) is 37.9 Å². The SMILES string of the molecule is COC(=O)[C@@]1(C)CCCN1Cc1cccc(C(F)(F)F)c1. The first kappa shape index (κ1) is 15.8. The largest absolute Gasteiger partial charge is 0.468 e. The molecule has 0 saturated carbocycles. The average molecular weight is 301 g/mol. The van der Waals surface area contributed by atoms with Gasteiger partial charge in [-0.1, -0.05) is 18.2 Å². The number of hydrogen-bond acceptors (Lipinski definition) is 3. The highest BCUT2D eigenvalue weighted by molar-refractivity contribution is 5.80. The fourth-order valence-electron chi connectivity index (χ4n) is 2.79. The Morgan fingerprint density at radius 1 is 1.43 bits per heavy atom. The number of methoxy groups -OCH3 is 1. The molecule has 0 aromatic heterocycles. The zero-order chi connectivity index (χ0) is 15.7. The van der Waals surface area contributed by atoms with Crippen LogP contribution in [0.15, 0.2) is 24.3 Å². The van der Waals surface area contributed by atoms with E-state index in [0.29, 0.717) is 25.1 Å². The summed E-state index contributed by atoms with van der Waals surface area (Å²) < 4.78 is 43.0. The third-order valence-electron chi connectivity index (χ3n) is 4.04. The normalized spacial score (nSPS) is 23.3. The Labute approximate surface area is 121 Å². The number of esters is 1. The molecule has 1 aromatic rings. The number of rotatable bonds is 3. The van der Waals surface area contributed by atoms with E-state index in [4.69, 9.17) is 4.74 Å². The smallest absolute Gasteiger partial charge is 0.416 e. The van der Waals surface area contributed by atoms with E-state index in [9.17, 15) is 18.0 Å². The van der Waals surface area contributed by atoms with Crippen molar-refractivity contribution in [2.45, 2.75) is 38.0 Å². The van der Waals surface area contributed by atoms with Crippen LogP contribution in [0.1, 0.15) is 30.9 Å². The van der Waals surface area contributed by atoms with Crippen molar-refractivity contribution in [2.24, 2.45) is 0 Å². The number of nitrogens with zero attached hydrogens (tertiary/aromatic N) is 1. The quantitative estimate of drug-likeness (QED) is 0.803. The van der Waals surface area contributed by atoms with E-state index in [0.717, 1.165) is 18.6 Å². The first-order chi connectivity index (χ1) is 9.77. The summed E-state index contributed by atoms with van der Waals surface area (Å²) in [6, 6.07) is 5.22.